The van der Waals surface area contributed by atoms with Gasteiger partial charge in [0.25, 0.3) is 5.91 Å². The van der Waals surface area contributed by atoms with E-state index < -0.39 is 0 Å². The highest BCUT2D eigenvalue weighted by atomic mass is 35.5. The van der Waals surface area contributed by atoms with Crippen LogP contribution in [0.3, 0.4) is 0 Å². The van der Waals surface area contributed by atoms with Gasteiger partial charge in [-0.3, -0.25) is 9.69 Å². The van der Waals surface area contributed by atoms with Crippen LogP contribution in [-0.4, -0.2) is 44.2 Å². The SMILES string of the molecule is O=C1/C(=C/c2cn(-c3ccccc3)nc2-c2cccc(OCc3ccc(Cl)cc3)c2)SC(=S)N1CC1CCCO1. The molecule has 9 heteroatoms. The second kappa shape index (κ2) is 12.0. The summed E-state index contributed by atoms with van der Waals surface area (Å²) in [5, 5.41) is 5.61. The van der Waals surface area contributed by atoms with Crippen molar-refractivity contribution in [2.45, 2.75) is 25.6 Å². The molecule has 0 saturated carbocycles. The molecule has 2 aliphatic rings. The van der Waals surface area contributed by atoms with Crippen LogP contribution < -0.4 is 4.74 Å². The number of hydrogen-bond acceptors (Lipinski definition) is 6. The highest BCUT2D eigenvalue weighted by Crippen LogP contribution is 2.36. The van der Waals surface area contributed by atoms with E-state index in [-0.39, 0.29) is 12.0 Å². The number of rotatable bonds is 8. The van der Waals surface area contributed by atoms with Crippen LogP contribution in [0.1, 0.15) is 24.0 Å². The number of ether oxygens (including phenoxy) is 2. The van der Waals surface area contributed by atoms with Gasteiger partial charge >= 0.3 is 0 Å². The van der Waals surface area contributed by atoms with Crippen LogP contribution in [0.15, 0.2) is 90.0 Å². The molecule has 3 heterocycles. The van der Waals surface area contributed by atoms with Crippen LogP contribution in [0, 0.1) is 0 Å². The van der Waals surface area contributed by atoms with Gasteiger partial charge < -0.3 is 9.47 Å². The van der Waals surface area contributed by atoms with Gasteiger partial charge in [-0.25, -0.2) is 4.68 Å². The molecule has 6 nitrogen and oxygen atoms in total. The maximum absolute atomic E-state index is 13.4. The van der Waals surface area contributed by atoms with Gasteiger partial charge in [-0.1, -0.05) is 78.0 Å². The number of amides is 1. The Morgan fingerprint density at radius 3 is 2.70 bits per heavy atom. The van der Waals surface area contributed by atoms with Crippen LogP contribution in [0.4, 0.5) is 0 Å². The second-order valence-corrected chi connectivity index (χ2v) is 11.7. The molecule has 40 heavy (non-hydrogen) atoms. The third kappa shape index (κ3) is 6.00. The average Bonchev–Trinajstić information content (AvgIpc) is 3.71. The van der Waals surface area contributed by atoms with Gasteiger partial charge in [-0.05, 0) is 60.9 Å². The summed E-state index contributed by atoms with van der Waals surface area (Å²) >= 11 is 12.9. The van der Waals surface area contributed by atoms with Gasteiger partial charge in [0.05, 0.1) is 23.2 Å². The molecule has 202 valence electrons. The average molecular weight is 588 g/mol. The fraction of sp³-hybridized carbons (Fsp3) is 0.194. The molecule has 0 spiro atoms. The Hall–Kier alpha value is -3.43. The summed E-state index contributed by atoms with van der Waals surface area (Å²) in [6.07, 6.45) is 5.82. The fourth-order valence-corrected chi connectivity index (χ4v) is 6.09. The van der Waals surface area contributed by atoms with Gasteiger partial charge in [-0.15, -0.1) is 0 Å². The molecule has 1 unspecified atom stereocenters. The molecule has 3 aromatic carbocycles. The lowest BCUT2D eigenvalue weighted by Crippen LogP contribution is -2.35. The summed E-state index contributed by atoms with van der Waals surface area (Å²) < 4.78 is 14.2. The zero-order valence-electron chi connectivity index (χ0n) is 21.5. The van der Waals surface area contributed by atoms with Gasteiger partial charge in [0.1, 0.15) is 22.4 Å². The molecule has 1 amide bonds. The Bertz CT molecular complexity index is 1560. The van der Waals surface area contributed by atoms with Crippen LogP contribution in [0.5, 0.6) is 5.75 Å². The topological polar surface area (TPSA) is 56.6 Å². The largest absolute Gasteiger partial charge is 0.489 e. The Labute approximate surface area is 247 Å². The van der Waals surface area contributed by atoms with Crippen molar-refractivity contribution in [1.82, 2.24) is 14.7 Å². The lowest BCUT2D eigenvalue weighted by Gasteiger charge is -2.18. The molecule has 6 rings (SSSR count). The van der Waals surface area contributed by atoms with E-state index in [1.165, 1.54) is 11.8 Å². The number of para-hydroxylation sites is 1. The molecule has 4 aromatic rings. The van der Waals surface area contributed by atoms with Gasteiger partial charge in [-0.2, -0.15) is 5.10 Å². The normalized spacial score (nSPS) is 18.2. The number of thioether (sulfide) groups is 1. The maximum atomic E-state index is 13.4. The number of nitrogens with zero attached hydrogens (tertiary/aromatic N) is 3. The number of hydrogen-bond donors (Lipinski definition) is 0. The van der Waals surface area contributed by atoms with Crippen LogP contribution in [-0.2, 0) is 16.1 Å². The van der Waals surface area contributed by atoms with Crippen molar-refractivity contribution >= 4 is 51.9 Å². The first kappa shape index (κ1) is 26.8. The highest BCUT2D eigenvalue weighted by molar-refractivity contribution is 8.26. The van der Waals surface area contributed by atoms with E-state index in [1.807, 2.05) is 95.8 Å². The first-order chi connectivity index (χ1) is 19.5. The number of carbonyl (C=O) groups is 1. The molecule has 1 atom stereocenters. The molecule has 1 aromatic heterocycles. The van der Waals surface area contributed by atoms with Gasteiger partial charge in [0.2, 0.25) is 0 Å². The number of benzene rings is 3. The number of carbonyl (C=O) groups excluding carboxylic acids is 1. The number of halogens is 1. The van der Waals surface area contributed by atoms with Crippen LogP contribution in [0.25, 0.3) is 23.0 Å². The lowest BCUT2D eigenvalue weighted by molar-refractivity contribution is -0.123. The van der Waals surface area contributed by atoms with Crippen molar-refractivity contribution in [3.05, 3.63) is 106 Å². The second-order valence-electron chi connectivity index (χ2n) is 9.58. The molecular formula is C31H26ClN3O3S2. The maximum Gasteiger partial charge on any atom is 0.266 e. The molecule has 0 N–H and O–H groups in total. The standard InChI is InChI=1S/C31H26ClN3O3S2/c32-24-13-11-21(12-14-24)20-38-26-9-4-6-22(16-26)29-23(18-35(33-29)25-7-2-1-3-8-25)17-28-30(36)34(31(39)40-28)19-27-10-5-15-37-27/h1-4,6-9,11-14,16-18,27H,5,10,15,19-20H2/b28-17-. The Balaban J connectivity index is 1.31. The van der Waals surface area contributed by atoms with Crippen molar-refractivity contribution in [3.63, 3.8) is 0 Å². The predicted octanol–water partition coefficient (Wildman–Crippen LogP) is 7.15. The molecule has 2 fully saturated rings. The van der Waals surface area contributed by atoms with E-state index in [9.17, 15) is 4.79 Å². The minimum Gasteiger partial charge on any atom is -0.489 e. The molecule has 2 aliphatic heterocycles. The van der Waals surface area contributed by atoms with E-state index in [1.54, 1.807) is 4.90 Å². The molecule has 2 saturated heterocycles. The Morgan fingerprint density at radius 2 is 1.93 bits per heavy atom. The first-order valence-corrected chi connectivity index (χ1v) is 14.6. The predicted molar refractivity (Wildman–Crippen MR) is 164 cm³/mol. The van der Waals surface area contributed by atoms with E-state index in [0.29, 0.717) is 27.4 Å². The van der Waals surface area contributed by atoms with Gasteiger partial charge in [0.15, 0.2) is 0 Å². The zero-order chi connectivity index (χ0) is 27.5. The zero-order valence-corrected chi connectivity index (χ0v) is 23.9. The summed E-state index contributed by atoms with van der Waals surface area (Å²) in [7, 11) is 0. The van der Waals surface area contributed by atoms with Gasteiger partial charge in [0, 0.05) is 29.0 Å². The summed E-state index contributed by atoms with van der Waals surface area (Å²) in [6.45, 7) is 1.64. The van der Waals surface area contributed by atoms with E-state index >= 15 is 0 Å². The third-order valence-electron chi connectivity index (χ3n) is 6.76. The molecule has 0 bridgehead atoms. The molecule has 0 radical (unpaired) electrons. The van der Waals surface area contributed by atoms with Crippen molar-refractivity contribution < 1.29 is 14.3 Å². The summed E-state index contributed by atoms with van der Waals surface area (Å²) in [6, 6.07) is 25.3. The highest BCUT2D eigenvalue weighted by Gasteiger charge is 2.35. The van der Waals surface area contributed by atoms with Crippen molar-refractivity contribution in [2.75, 3.05) is 13.2 Å². The summed E-state index contributed by atoms with van der Waals surface area (Å²) in [4.78, 5) is 15.6. The summed E-state index contributed by atoms with van der Waals surface area (Å²) in [5.74, 6) is 0.625. The van der Waals surface area contributed by atoms with E-state index in [0.717, 1.165) is 53.3 Å². The smallest absolute Gasteiger partial charge is 0.266 e. The Morgan fingerprint density at radius 1 is 1.10 bits per heavy atom. The Kier molecular flexibility index (Phi) is 8.02. The fourth-order valence-electron chi connectivity index (χ4n) is 4.70. The quantitative estimate of drug-likeness (QED) is 0.161. The monoisotopic (exact) mass is 587 g/mol. The number of aromatic nitrogens is 2. The van der Waals surface area contributed by atoms with E-state index in [4.69, 9.17) is 38.4 Å². The minimum absolute atomic E-state index is 0.0360. The van der Waals surface area contributed by atoms with Crippen molar-refractivity contribution in [2.24, 2.45) is 0 Å². The lowest BCUT2D eigenvalue weighted by atomic mass is 10.1. The molecule has 0 aliphatic carbocycles. The van der Waals surface area contributed by atoms with E-state index in [2.05, 4.69) is 0 Å². The minimum atomic E-state index is -0.0936. The molecular weight excluding hydrogens is 562 g/mol. The first-order valence-electron chi connectivity index (χ1n) is 13.0. The van der Waals surface area contributed by atoms with Crippen LogP contribution >= 0.6 is 35.6 Å². The third-order valence-corrected chi connectivity index (χ3v) is 8.39. The van der Waals surface area contributed by atoms with Crippen molar-refractivity contribution in [1.29, 1.82) is 0 Å². The van der Waals surface area contributed by atoms with Crippen molar-refractivity contribution in [3.8, 4) is 22.7 Å². The number of thiocarbonyl (C=S) groups is 1. The van der Waals surface area contributed by atoms with Crippen LogP contribution in [0.2, 0.25) is 5.02 Å². The summed E-state index contributed by atoms with van der Waals surface area (Å²) in [5.41, 5.74) is 4.38.